The molecule has 1 spiro atoms. The summed E-state index contributed by atoms with van der Waals surface area (Å²) in [4.78, 5) is 0. The minimum absolute atomic E-state index is 0.0234. The molecule has 0 aromatic carbocycles. The first kappa shape index (κ1) is 53.5. The van der Waals surface area contributed by atoms with Crippen LogP contribution in [-0.2, 0) is 33.2 Å². The normalized spacial score (nSPS) is 55.8. The Labute approximate surface area is 398 Å². The highest BCUT2D eigenvalue weighted by Gasteiger charge is 2.71. The van der Waals surface area contributed by atoms with Crippen molar-refractivity contribution in [2.75, 3.05) is 39.6 Å². The highest BCUT2D eigenvalue weighted by molar-refractivity contribution is 5.19. The van der Waals surface area contributed by atoms with Gasteiger partial charge in [0, 0.05) is 16.7 Å². The van der Waals surface area contributed by atoms with Crippen molar-refractivity contribution in [1.29, 1.82) is 0 Å². The van der Waals surface area contributed by atoms with Crippen molar-refractivity contribution in [3.63, 3.8) is 0 Å². The van der Waals surface area contributed by atoms with Gasteiger partial charge in [0.1, 0.15) is 73.2 Å². The Bertz CT molecular complexity index is 1690. The number of aliphatic hydroxyl groups is 13. The Morgan fingerprint density at radius 3 is 1.72 bits per heavy atom. The molecule has 8 fully saturated rings. The number of ether oxygens (including phenoxy) is 7. The average molecular weight is 979 g/mol. The molecular formula is C48H82O20. The first-order chi connectivity index (χ1) is 32.1. The lowest BCUT2D eigenvalue weighted by molar-refractivity contribution is -0.380. The quantitative estimate of drug-likeness (QED) is 0.0943. The number of aliphatic hydroxyl groups excluding tert-OH is 13. The zero-order valence-electron chi connectivity index (χ0n) is 40.2. The summed E-state index contributed by atoms with van der Waals surface area (Å²) < 4.78 is 42.3. The Kier molecular flexibility index (Phi) is 15.8. The molecule has 4 saturated carbocycles. The van der Waals surface area contributed by atoms with Crippen molar-refractivity contribution in [2.45, 2.75) is 209 Å². The van der Waals surface area contributed by atoms with Crippen molar-refractivity contribution in [2.24, 2.45) is 50.7 Å². The SMILES string of the molecule is C[C@H](CO[C@@H]1O[C@H](CO)[C@@H](O)[C@H](O)[C@H]1O)[C@H]1CC[C@@]2(CC[C@]3(C)[C@H](CC[C@@H]4[C@@]5(C)CC[C@H](O[C@@H]6O[C@H](CO)[C@@H](O)[C@H](O)[C@H]6O[C@@H]6O[C@H](CO)[C@@H](O)[C@H](O)[C@H]6O)[C@@](C)(CO)[C@@H]5CC[C@]43C)[C@H]2O)CO1. The minimum Gasteiger partial charge on any atom is -0.396 e. The summed E-state index contributed by atoms with van der Waals surface area (Å²) in [6.07, 6.45) is -16.2. The van der Waals surface area contributed by atoms with E-state index in [1.807, 2.05) is 13.8 Å². The lowest BCUT2D eigenvalue weighted by atomic mass is 9.33. The largest absolute Gasteiger partial charge is 0.396 e. The van der Waals surface area contributed by atoms with Crippen LogP contribution >= 0.6 is 0 Å². The third kappa shape index (κ3) is 8.66. The number of hydrogen-bond donors (Lipinski definition) is 13. The molecule has 0 aromatic heterocycles. The topological polar surface area (TPSA) is 328 Å². The predicted octanol–water partition coefficient (Wildman–Crippen LogP) is -1.98. The van der Waals surface area contributed by atoms with Crippen molar-refractivity contribution < 1.29 is 99.5 Å². The van der Waals surface area contributed by atoms with Gasteiger partial charge in [-0.15, -0.1) is 0 Å². The Morgan fingerprint density at radius 1 is 0.544 bits per heavy atom. The first-order valence-electron chi connectivity index (χ1n) is 25.2. The number of rotatable bonds is 12. The molecule has 8 rings (SSSR count). The Hall–Kier alpha value is -0.800. The summed E-state index contributed by atoms with van der Waals surface area (Å²) in [6.45, 7) is 9.52. The summed E-state index contributed by atoms with van der Waals surface area (Å²) >= 11 is 0. The maximum atomic E-state index is 12.6. The van der Waals surface area contributed by atoms with E-state index in [2.05, 4.69) is 20.8 Å². The lowest BCUT2D eigenvalue weighted by Gasteiger charge is -2.73. The predicted molar refractivity (Wildman–Crippen MR) is 234 cm³/mol. The van der Waals surface area contributed by atoms with Gasteiger partial charge in [-0.05, 0) is 98.2 Å². The summed E-state index contributed by atoms with van der Waals surface area (Å²) in [5, 5.41) is 138. The van der Waals surface area contributed by atoms with E-state index in [0.29, 0.717) is 19.4 Å². The molecule has 20 heteroatoms. The van der Waals surface area contributed by atoms with Crippen molar-refractivity contribution in [1.82, 2.24) is 0 Å². The van der Waals surface area contributed by atoms with E-state index in [1.165, 1.54) is 0 Å². The molecule has 27 atom stereocenters. The molecule has 0 amide bonds. The van der Waals surface area contributed by atoms with E-state index in [9.17, 15) is 66.4 Å². The van der Waals surface area contributed by atoms with Crippen molar-refractivity contribution in [3.05, 3.63) is 0 Å². The zero-order chi connectivity index (χ0) is 49.5. The maximum Gasteiger partial charge on any atom is 0.187 e. The van der Waals surface area contributed by atoms with Crippen LogP contribution in [0.3, 0.4) is 0 Å². The first-order valence-corrected chi connectivity index (χ1v) is 25.2. The van der Waals surface area contributed by atoms with E-state index in [-0.39, 0.29) is 59.2 Å². The molecule has 4 aliphatic carbocycles. The molecule has 4 aliphatic heterocycles. The molecule has 8 aliphatic rings. The highest BCUT2D eigenvalue weighted by Crippen LogP contribution is 2.75. The van der Waals surface area contributed by atoms with Gasteiger partial charge >= 0.3 is 0 Å². The molecular weight excluding hydrogens is 897 g/mol. The molecule has 394 valence electrons. The Morgan fingerprint density at radius 2 is 1.13 bits per heavy atom. The smallest absolute Gasteiger partial charge is 0.187 e. The summed E-state index contributed by atoms with van der Waals surface area (Å²) in [6, 6.07) is 0. The van der Waals surface area contributed by atoms with Crippen LogP contribution in [0, 0.1) is 50.7 Å². The van der Waals surface area contributed by atoms with Crippen LogP contribution < -0.4 is 0 Å². The molecule has 13 N–H and O–H groups in total. The van der Waals surface area contributed by atoms with Crippen molar-refractivity contribution in [3.8, 4) is 0 Å². The second kappa shape index (κ2) is 20.1. The lowest BCUT2D eigenvalue weighted by Crippen LogP contribution is -2.69. The van der Waals surface area contributed by atoms with Gasteiger partial charge in [0.25, 0.3) is 0 Å². The fourth-order valence-electron chi connectivity index (χ4n) is 15.4. The number of fused-ring (bicyclic) bond motifs is 5. The third-order valence-corrected chi connectivity index (χ3v) is 20.0. The molecule has 68 heavy (non-hydrogen) atoms. The van der Waals surface area contributed by atoms with Crippen LogP contribution in [0.1, 0.15) is 98.8 Å². The van der Waals surface area contributed by atoms with Crippen LogP contribution in [0.25, 0.3) is 0 Å². The second-order valence-corrected chi connectivity index (χ2v) is 23.2. The van der Waals surface area contributed by atoms with E-state index < -0.39 is 135 Å². The number of hydrogen-bond acceptors (Lipinski definition) is 20. The molecule has 20 nitrogen and oxygen atoms in total. The average Bonchev–Trinajstić information content (AvgIpc) is 3.33. The summed E-state index contributed by atoms with van der Waals surface area (Å²) in [7, 11) is 0. The van der Waals surface area contributed by atoms with Gasteiger partial charge in [0.2, 0.25) is 0 Å². The summed E-state index contributed by atoms with van der Waals surface area (Å²) in [5.74, 6) is 0.159. The molecule has 0 unspecified atom stereocenters. The maximum absolute atomic E-state index is 12.6. The zero-order valence-corrected chi connectivity index (χ0v) is 40.2. The van der Waals surface area contributed by atoms with Gasteiger partial charge in [0.05, 0.1) is 58.0 Å². The third-order valence-electron chi connectivity index (χ3n) is 20.0. The summed E-state index contributed by atoms with van der Waals surface area (Å²) in [5.41, 5.74) is -1.81. The van der Waals surface area contributed by atoms with Crippen LogP contribution in [0.15, 0.2) is 0 Å². The van der Waals surface area contributed by atoms with Gasteiger partial charge in [-0.2, -0.15) is 0 Å². The van der Waals surface area contributed by atoms with E-state index in [0.717, 1.165) is 51.4 Å². The molecule has 4 saturated heterocycles. The second-order valence-electron chi connectivity index (χ2n) is 23.2. The van der Waals surface area contributed by atoms with Crippen LogP contribution in [0.4, 0.5) is 0 Å². The molecule has 0 bridgehead atoms. The molecule has 0 radical (unpaired) electrons. The van der Waals surface area contributed by atoms with Crippen LogP contribution in [0.5, 0.6) is 0 Å². The molecule has 0 aromatic rings. The fraction of sp³-hybridized carbons (Fsp3) is 1.00. The van der Waals surface area contributed by atoms with Gasteiger partial charge in [-0.1, -0.05) is 34.6 Å². The van der Waals surface area contributed by atoms with Crippen LogP contribution in [-0.4, -0.2) is 216 Å². The van der Waals surface area contributed by atoms with Crippen LogP contribution in [0.2, 0.25) is 0 Å². The van der Waals surface area contributed by atoms with E-state index in [1.54, 1.807) is 0 Å². The fourth-order valence-corrected chi connectivity index (χ4v) is 15.4. The van der Waals surface area contributed by atoms with Gasteiger partial charge in [0.15, 0.2) is 18.9 Å². The monoisotopic (exact) mass is 979 g/mol. The van der Waals surface area contributed by atoms with Gasteiger partial charge in [-0.3, -0.25) is 0 Å². The highest BCUT2D eigenvalue weighted by atomic mass is 16.8. The standard InChI is InChI=1S/C48H82O20/c1-22(19-62-41-37(59)34(56)31(53)25(16-49)64-41)24-8-13-48(21-63-24)15-14-46(4)23(40(48)61)6-7-29-44(2)11-10-30(45(3,20-52)28(44)9-12-47(29,46)5)67-43-39(36(58)33(55)27(18-51)66-43)68-42-38(60)35(57)32(54)26(17-50)65-42/h22-43,49-61H,6-21H2,1-5H3/t22-,23-,24-,25-,26-,27-,28-,29-,30+,31-,32-,33-,34+,35+,36+,37-,38-,39-,40-,41-,42+,43+,44+,45+,46-,47-,48-/m1/s1. The van der Waals surface area contributed by atoms with Gasteiger partial charge < -0.3 is 99.5 Å². The van der Waals surface area contributed by atoms with Gasteiger partial charge in [-0.25, -0.2) is 0 Å². The minimum atomic E-state index is -1.81. The Balaban J connectivity index is 0.933. The van der Waals surface area contributed by atoms with Crippen molar-refractivity contribution >= 4 is 0 Å². The van der Waals surface area contributed by atoms with E-state index in [4.69, 9.17) is 33.2 Å². The van der Waals surface area contributed by atoms with E-state index >= 15 is 0 Å². The molecule has 4 heterocycles.